The highest BCUT2D eigenvalue weighted by atomic mass is 32.2. The maximum atomic E-state index is 13.2. The fourth-order valence-electron chi connectivity index (χ4n) is 3.46. The van der Waals surface area contributed by atoms with E-state index in [0.717, 1.165) is 11.3 Å². The van der Waals surface area contributed by atoms with Crippen molar-refractivity contribution in [1.82, 2.24) is 4.90 Å². The molecule has 3 aromatic carbocycles. The molecule has 1 heterocycles. The number of nitrogens with zero attached hydrogens (tertiary/aromatic N) is 2. The molecule has 34 heavy (non-hydrogen) atoms. The molecule has 6 nitrogen and oxygen atoms in total. The van der Waals surface area contributed by atoms with Crippen LogP contribution >= 0.6 is 11.8 Å². The van der Waals surface area contributed by atoms with E-state index in [0.29, 0.717) is 29.5 Å². The number of halogens is 1. The number of nitrogens with one attached hydrogen (secondary N) is 1. The van der Waals surface area contributed by atoms with Gasteiger partial charge in [0.15, 0.2) is 5.17 Å². The summed E-state index contributed by atoms with van der Waals surface area (Å²) in [6.45, 7) is 0.441. The first kappa shape index (κ1) is 23.5. The molecule has 1 fully saturated rings. The Morgan fingerprint density at radius 3 is 2.47 bits per heavy atom. The van der Waals surface area contributed by atoms with Gasteiger partial charge in [0.1, 0.15) is 16.8 Å². The number of aliphatic imine (C=N–C) groups is 1. The van der Waals surface area contributed by atoms with Crippen molar-refractivity contribution >= 4 is 40.1 Å². The predicted molar refractivity (Wildman–Crippen MR) is 133 cm³/mol. The van der Waals surface area contributed by atoms with Crippen molar-refractivity contribution in [2.45, 2.75) is 18.1 Å². The number of carbonyl (C=O) groups is 2. The van der Waals surface area contributed by atoms with E-state index in [9.17, 15) is 14.0 Å². The second-order valence-electron chi connectivity index (χ2n) is 7.68. The predicted octanol–water partition coefficient (Wildman–Crippen LogP) is 5.04. The lowest BCUT2D eigenvalue weighted by atomic mass is 10.1. The monoisotopic (exact) mass is 477 g/mol. The Balaban J connectivity index is 1.51. The molecular weight excluding hydrogens is 453 g/mol. The number of rotatable bonds is 7. The zero-order valence-corrected chi connectivity index (χ0v) is 19.4. The highest BCUT2D eigenvalue weighted by molar-refractivity contribution is 8.15. The summed E-state index contributed by atoms with van der Waals surface area (Å²) in [6.07, 6.45) is 0.685. The molecule has 4 rings (SSSR count). The molecule has 0 radical (unpaired) electrons. The van der Waals surface area contributed by atoms with Gasteiger partial charge in [-0.3, -0.25) is 14.5 Å². The van der Waals surface area contributed by atoms with Gasteiger partial charge in [0.05, 0.1) is 12.8 Å². The molecule has 0 aliphatic carbocycles. The number of methoxy groups -OCH3 is 1. The summed E-state index contributed by atoms with van der Waals surface area (Å²) in [5.41, 5.74) is 2.24. The SMILES string of the molecule is COc1ccc(CCN2C(=O)C[C@@H](C(=O)Nc3ccc(F)cc3)SC2=Nc2ccccc2)cc1. The summed E-state index contributed by atoms with van der Waals surface area (Å²) in [6, 6.07) is 22.6. The fourth-order valence-corrected chi connectivity index (χ4v) is 4.59. The van der Waals surface area contributed by atoms with Crippen LogP contribution in [0.4, 0.5) is 15.8 Å². The molecule has 3 aromatic rings. The molecule has 0 unspecified atom stereocenters. The second-order valence-corrected chi connectivity index (χ2v) is 8.85. The number of amidine groups is 1. The molecule has 1 aliphatic rings. The van der Waals surface area contributed by atoms with Crippen LogP contribution in [0, 0.1) is 5.82 Å². The van der Waals surface area contributed by atoms with Crippen molar-refractivity contribution in [3.8, 4) is 5.75 Å². The molecule has 0 spiro atoms. The molecule has 0 bridgehead atoms. The fraction of sp³-hybridized carbons (Fsp3) is 0.192. The number of hydrogen-bond acceptors (Lipinski definition) is 5. The van der Waals surface area contributed by atoms with Gasteiger partial charge in [-0.2, -0.15) is 0 Å². The first-order valence-electron chi connectivity index (χ1n) is 10.8. The van der Waals surface area contributed by atoms with Crippen LogP contribution in [0.5, 0.6) is 5.75 Å². The van der Waals surface area contributed by atoms with Gasteiger partial charge in [-0.05, 0) is 60.5 Å². The zero-order valence-electron chi connectivity index (χ0n) is 18.6. The lowest BCUT2D eigenvalue weighted by Gasteiger charge is -2.32. The minimum absolute atomic E-state index is 0.0497. The van der Waals surface area contributed by atoms with Crippen LogP contribution in [-0.4, -0.2) is 40.8 Å². The van der Waals surface area contributed by atoms with Crippen LogP contribution in [-0.2, 0) is 16.0 Å². The first-order valence-corrected chi connectivity index (χ1v) is 11.7. The Morgan fingerprint density at radius 2 is 1.79 bits per heavy atom. The number of benzene rings is 3. The van der Waals surface area contributed by atoms with E-state index in [1.165, 1.54) is 36.0 Å². The molecular formula is C26H24FN3O3S. The van der Waals surface area contributed by atoms with Crippen LogP contribution in [0.2, 0.25) is 0 Å². The summed E-state index contributed by atoms with van der Waals surface area (Å²) < 4.78 is 18.4. The van der Waals surface area contributed by atoms with Gasteiger partial charge in [-0.25, -0.2) is 9.38 Å². The van der Waals surface area contributed by atoms with Crippen LogP contribution < -0.4 is 10.1 Å². The average Bonchev–Trinajstić information content (AvgIpc) is 2.85. The summed E-state index contributed by atoms with van der Waals surface area (Å²) in [5, 5.41) is 2.60. The third-order valence-electron chi connectivity index (χ3n) is 5.31. The molecule has 0 saturated carbocycles. The summed E-state index contributed by atoms with van der Waals surface area (Å²) in [4.78, 5) is 32.3. The Labute approximate surface area is 201 Å². The molecule has 2 amide bonds. The first-order chi connectivity index (χ1) is 16.5. The van der Waals surface area contributed by atoms with Gasteiger partial charge in [0.2, 0.25) is 11.8 Å². The second kappa shape index (κ2) is 11.0. The van der Waals surface area contributed by atoms with Gasteiger partial charge >= 0.3 is 0 Å². The summed E-state index contributed by atoms with van der Waals surface area (Å²) in [5.74, 6) is -0.0959. The molecule has 8 heteroatoms. The molecule has 1 atom stereocenters. The number of thioether (sulfide) groups is 1. The molecule has 1 saturated heterocycles. The van der Waals surface area contributed by atoms with Crippen LogP contribution in [0.15, 0.2) is 83.9 Å². The van der Waals surface area contributed by atoms with Gasteiger partial charge in [-0.15, -0.1) is 0 Å². The largest absolute Gasteiger partial charge is 0.497 e. The van der Waals surface area contributed by atoms with Crippen molar-refractivity contribution in [3.63, 3.8) is 0 Å². The van der Waals surface area contributed by atoms with Crippen molar-refractivity contribution < 1.29 is 18.7 Å². The van der Waals surface area contributed by atoms with Crippen molar-refractivity contribution in [2.75, 3.05) is 19.0 Å². The number of hydrogen-bond donors (Lipinski definition) is 1. The Morgan fingerprint density at radius 1 is 1.09 bits per heavy atom. The zero-order chi connectivity index (χ0) is 23.9. The van der Waals surface area contributed by atoms with Gasteiger partial charge < -0.3 is 10.1 Å². The number of amides is 2. The maximum Gasteiger partial charge on any atom is 0.238 e. The van der Waals surface area contributed by atoms with Crippen LogP contribution in [0.25, 0.3) is 0 Å². The number of para-hydroxylation sites is 1. The van der Waals surface area contributed by atoms with Gasteiger partial charge in [0, 0.05) is 18.7 Å². The van der Waals surface area contributed by atoms with Gasteiger partial charge in [-0.1, -0.05) is 42.1 Å². The number of anilines is 1. The van der Waals surface area contributed by atoms with Crippen molar-refractivity contribution in [1.29, 1.82) is 0 Å². The molecule has 1 N–H and O–H groups in total. The lowest BCUT2D eigenvalue weighted by Crippen LogP contribution is -2.46. The van der Waals surface area contributed by atoms with E-state index >= 15 is 0 Å². The lowest BCUT2D eigenvalue weighted by molar-refractivity contribution is -0.129. The van der Waals surface area contributed by atoms with Crippen LogP contribution in [0.3, 0.4) is 0 Å². The Kier molecular flexibility index (Phi) is 7.59. The van der Waals surface area contributed by atoms with E-state index in [2.05, 4.69) is 10.3 Å². The molecule has 0 aromatic heterocycles. The van der Waals surface area contributed by atoms with E-state index < -0.39 is 5.25 Å². The third-order valence-corrected chi connectivity index (χ3v) is 6.50. The summed E-state index contributed by atoms with van der Waals surface area (Å²) >= 11 is 1.26. The molecule has 174 valence electrons. The number of ether oxygens (including phenoxy) is 1. The van der Waals surface area contributed by atoms with E-state index in [-0.39, 0.29) is 24.1 Å². The standard InChI is InChI=1S/C26H24FN3O3S/c1-33-22-13-7-18(8-14-22)15-16-30-24(31)17-23(25(32)28-21-11-9-19(27)10-12-21)34-26(30)29-20-5-3-2-4-6-20/h2-14,23H,15-17H2,1H3,(H,28,32)/t23-/m0/s1. The van der Waals surface area contributed by atoms with Crippen molar-refractivity contribution in [2.24, 2.45) is 4.99 Å². The summed E-state index contributed by atoms with van der Waals surface area (Å²) in [7, 11) is 1.62. The smallest absolute Gasteiger partial charge is 0.238 e. The normalized spacial score (nSPS) is 17.0. The Bertz CT molecular complexity index is 1170. The quantitative estimate of drug-likeness (QED) is 0.518. The highest BCUT2D eigenvalue weighted by Gasteiger charge is 2.35. The number of carbonyl (C=O) groups excluding carboxylic acids is 2. The van der Waals surface area contributed by atoms with Crippen molar-refractivity contribution in [3.05, 3.63) is 90.2 Å². The average molecular weight is 478 g/mol. The Hall–Kier alpha value is -3.65. The third kappa shape index (κ3) is 6.02. The highest BCUT2D eigenvalue weighted by Crippen LogP contribution is 2.30. The minimum Gasteiger partial charge on any atom is -0.497 e. The topological polar surface area (TPSA) is 71.0 Å². The van der Waals surface area contributed by atoms with Gasteiger partial charge in [0.25, 0.3) is 0 Å². The van der Waals surface area contributed by atoms with E-state index in [4.69, 9.17) is 4.74 Å². The minimum atomic E-state index is -0.641. The maximum absolute atomic E-state index is 13.2. The van der Waals surface area contributed by atoms with E-state index in [1.54, 1.807) is 12.0 Å². The molecule has 1 aliphatic heterocycles. The van der Waals surface area contributed by atoms with E-state index in [1.807, 2.05) is 54.6 Å². The van der Waals surface area contributed by atoms with Crippen LogP contribution in [0.1, 0.15) is 12.0 Å².